The summed E-state index contributed by atoms with van der Waals surface area (Å²) in [6.07, 6.45) is 1.54. The van der Waals surface area contributed by atoms with Crippen LogP contribution < -0.4 is 4.74 Å². The van der Waals surface area contributed by atoms with Crippen molar-refractivity contribution in [1.82, 2.24) is 0 Å². The summed E-state index contributed by atoms with van der Waals surface area (Å²) in [5, 5.41) is 9.86. The molecule has 0 radical (unpaired) electrons. The zero-order valence-electron chi connectivity index (χ0n) is 14.2. The van der Waals surface area contributed by atoms with Crippen LogP contribution in [0.15, 0.2) is 72.8 Å². The van der Waals surface area contributed by atoms with Crippen LogP contribution >= 0.6 is 11.6 Å². The lowest BCUT2D eigenvalue weighted by Crippen LogP contribution is -2.02. The molecule has 3 rings (SSSR count). The van der Waals surface area contributed by atoms with Gasteiger partial charge in [0.15, 0.2) is 0 Å². The molecular weight excluding hydrogens is 367 g/mol. The van der Waals surface area contributed by atoms with Crippen molar-refractivity contribution in [2.24, 2.45) is 0 Å². The summed E-state index contributed by atoms with van der Waals surface area (Å²) in [5.41, 5.74) is 1.54. The second kappa shape index (κ2) is 8.52. The van der Waals surface area contributed by atoms with Gasteiger partial charge in [0, 0.05) is 11.1 Å². The average Bonchev–Trinajstić information content (AvgIpc) is 2.67. The third-order valence-corrected chi connectivity index (χ3v) is 4.32. The first kappa shape index (κ1) is 18.7. The second-order valence-electron chi connectivity index (χ2n) is 5.76. The number of carboxylic acids is 1. The quantitative estimate of drug-likeness (QED) is 0.440. The van der Waals surface area contributed by atoms with Crippen molar-refractivity contribution < 1.29 is 19.0 Å². The topological polar surface area (TPSA) is 46.5 Å². The van der Waals surface area contributed by atoms with Crippen LogP contribution in [0.3, 0.4) is 0 Å². The Kier molecular flexibility index (Phi) is 5.89. The molecule has 0 aromatic heterocycles. The van der Waals surface area contributed by atoms with E-state index in [4.69, 9.17) is 16.3 Å². The first-order valence-electron chi connectivity index (χ1n) is 8.21. The molecule has 0 aliphatic rings. The van der Waals surface area contributed by atoms with Gasteiger partial charge in [-0.1, -0.05) is 66.2 Å². The molecule has 0 unspecified atom stereocenters. The monoisotopic (exact) mass is 382 g/mol. The Balaban J connectivity index is 1.93. The van der Waals surface area contributed by atoms with Crippen molar-refractivity contribution in [3.8, 4) is 5.75 Å². The number of halogens is 2. The summed E-state index contributed by atoms with van der Waals surface area (Å²) in [4.78, 5) is 11.7. The predicted octanol–water partition coefficient (Wildman–Crippen LogP) is 5.68. The highest BCUT2D eigenvalue weighted by molar-refractivity contribution is 6.31. The van der Waals surface area contributed by atoms with Gasteiger partial charge in [-0.3, -0.25) is 0 Å². The van der Waals surface area contributed by atoms with Crippen LogP contribution in [0.5, 0.6) is 5.75 Å². The fourth-order valence-electron chi connectivity index (χ4n) is 2.59. The summed E-state index contributed by atoms with van der Waals surface area (Å²) < 4.78 is 19.7. The van der Waals surface area contributed by atoms with Gasteiger partial charge in [-0.25, -0.2) is 9.18 Å². The molecular formula is C22H16ClFO3. The number of benzene rings is 3. The molecule has 0 fully saturated rings. The lowest BCUT2D eigenvalue weighted by Gasteiger charge is -2.12. The molecule has 0 heterocycles. The number of para-hydroxylation sites is 1. The van der Waals surface area contributed by atoms with E-state index >= 15 is 0 Å². The molecule has 1 N–H and O–H groups in total. The molecule has 0 aliphatic carbocycles. The maximum absolute atomic E-state index is 13.9. The van der Waals surface area contributed by atoms with E-state index in [-0.39, 0.29) is 22.8 Å². The molecule has 27 heavy (non-hydrogen) atoms. The minimum atomic E-state index is -1.05. The van der Waals surface area contributed by atoms with E-state index in [1.165, 1.54) is 18.2 Å². The molecule has 3 aromatic carbocycles. The normalized spacial score (nSPS) is 11.3. The second-order valence-corrected chi connectivity index (χ2v) is 6.16. The number of hydrogen-bond donors (Lipinski definition) is 1. The van der Waals surface area contributed by atoms with Crippen molar-refractivity contribution in [3.05, 3.63) is 100 Å². The summed E-state index contributed by atoms with van der Waals surface area (Å²) in [5.74, 6) is -1.06. The summed E-state index contributed by atoms with van der Waals surface area (Å²) in [6.45, 7) is -0.0654. The molecule has 136 valence electrons. The molecule has 3 aromatic rings. The fourth-order valence-corrected chi connectivity index (χ4v) is 2.81. The Hall–Kier alpha value is -3.11. The van der Waals surface area contributed by atoms with E-state index in [0.29, 0.717) is 16.9 Å². The summed E-state index contributed by atoms with van der Waals surface area (Å²) in [6, 6.07) is 20.2. The lowest BCUT2D eigenvalue weighted by molar-refractivity contribution is -0.130. The van der Waals surface area contributed by atoms with Crippen LogP contribution in [0.1, 0.15) is 16.7 Å². The Bertz CT molecular complexity index is 964. The zero-order valence-corrected chi connectivity index (χ0v) is 15.0. The van der Waals surface area contributed by atoms with Crippen molar-refractivity contribution in [3.63, 3.8) is 0 Å². The van der Waals surface area contributed by atoms with Crippen LogP contribution in [0.25, 0.3) is 11.6 Å². The van der Waals surface area contributed by atoms with Gasteiger partial charge < -0.3 is 9.84 Å². The predicted molar refractivity (Wildman–Crippen MR) is 104 cm³/mol. The van der Waals surface area contributed by atoms with Crippen molar-refractivity contribution >= 4 is 29.2 Å². The largest absolute Gasteiger partial charge is 0.488 e. The lowest BCUT2D eigenvalue weighted by atomic mass is 10.0. The first-order chi connectivity index (χ1) is 13.1. The molecule has 0 saturated carbocycles. The SMILES string of the molecule is O=C(O)/C(=C\c1ccccc1OCc1c(F)cccc1Cl)c1ccccc1. The summed E-state index contributed by atoms with van der Waals surface area (Å²) >= 11 is 6.03. The van der Waals surface area contributed by atoms with E-state index in [0.717, 1.165) is 0 Å². The molecule has 0 aliphatic heterocycles. The number of hydrogen-bond acceptors (Lipinski definition) is 2. The highest BCUT2D eigenvalue weighted by Gasteiger charge is 2.13. The van der Waals surface area contributed by atoms with Gasteiger partial charge in [-0.05, 0) is 29.8 Å². The Morgan fingerprint density at radius 2 is 1.70 bits per heavy atom. The van der Waals surface area contributed by atoms with Crippen LogP contribution in [0, 0.1) is 5.82 Å². The standard InChI is InChI=1S/C22H16ClFO3/c23-19-10-6-11-20(24)18(19)14-27-21-12-5-4-9-16(21)13-17(22(25)26)15-7-2-1-3-8-15/h1-13H,14H2,(H,25,26)/b17-13-. The molecule has 0 amide bonds. The molecule has 3 nitrogen and oxygen atoms in total. The maximum Gasteiger partial charge on any atom is 0.336 e. The third kappa shape index (κ3) is 4.54. The Labute approximate surface area is 161 Å². The number of aliphatic carboxylic acids is 1. The number of rotatable bonds is 6. The van der Waals surface area contributed by atoms with Crippen molar-refractivity contribution in [2.75, 3.05) is 0 Å². The molecule has 0 saturated heterocycles. The van der Waals surface area contributed by atoms with E-state index < -0.39 is 11.8 Å². The van der Waals surface area contributed by atoms with E-state index in [2.05, 4.69) is 0 Å². The molecule has 0 atom stereocenters. The highest BCUT2D eigenvalue weighted by atomic mass is 35.5. The van der Waals surface area contributed by atoms with Crippen LogP contribution in [-0.4, -0.2) is 11.1 Å². The van der Waals surface area contributed by atoms with Gasteiger partial charge in [-0.15, -0.1) is 0 Å². The van der Waals surface area contributed by atoms with Crippen molar-refractivity contribution in [2.45, 2.75) is 6.61 Å². The zero-order chi connectivity index (χ0) is 19.2. The maximum atomic E-state index is 13.9. The summed E-state index contributed by atoms with van der Waals surface area (Å²) in [7, 11) is 0. The van der Waals surface area contributed by atoms with E-state index in [9.17, 15) is 14.3 Å². The van der Waals surface area contributed by atoms with Crippen LogP contribution in [-0.2, 0) is 11.4 Å². The van der Waals surface area contributed by atoms with Crippen LogP contribution in [0.2, 0.25) is 5.02 Å². The number of ether oxygens (including phenoxy) is 1. The van der Waals surface area contributed by atoms with Gasteiger partial charge in [0.1, 0.15) is 18.2 Å². The van der Waals surface area contributed by atoms with E-state index in [1.807, 2.05) is 6.07 Å². The van der Waals surface area contributed by atoms with E-state index in [1.54, 1.807) is 54.6 Å². The Morgan fingerprint density at radius 3 is 2.41 bits per heavy atom. The Morgan fingerprint density at radius 1 is 1.00 bits per heavy atom. The van der Waals surface area contributed by atoms with Gasteiger partial charge in [-0.2, -0.15) is 0 Å². The fraction of sp³-hybridized carbons (Fsp3) is 0.0455. The smallest absolute Gasteiger partial charge is 0.336 e. The third-order valence-electron chi connectivity index (χ3n) is 3.97. The number of carboxylic acid groups (broad SMARTS) is 1. The van der Waals surface area contributed by atoms with Crippen molar-refractivity contribution in [1.29, 1.82) is 0 Å². The molecule has 5 heteroatoms. The van der Waals surface area contributed by atoms with Gasteiger partial charge in [0.25, 0.3) is 0 Å². The molecule has 0 spiro atoms. The number of carbonyl (C=O) groups is 1. The minimum Gasteiger partial charge on any atom is -0.488 e. The van der Waals surface area contributed by atoms with Crippen LogP contribution in [0.4, 0.5) is 4.39 Å². The molecule has 0 bridgehead atoms. The highest BCUT2D eigenvalue weighted by Crippen LogP contribution is 2.27. The average molecular weight is 383 g/mol. The minimum absolute atomic E-state index is 0.0654. The van der Waals surface area contributed by atoms with Gasteiger partial charge in [0.05, 0.1) is 10.6 Å². The van der Waals surface area contributed by atoms with Gasteiger partial charge in [0.2, 0.25) is 0 Å². The van der Waals surface area contributed by atoms with Gasteiger partial charge >= 0.3 is 5.97 Å². The first-order valence-corrected chi connectivity index (χ1v) is 8.59.